The number of amides is 1. The lowest BCUT2D eigenvalue weighted by Gasteiger charge is -2.20. The number of aromatic amines is 1. The van der Waals surface area contributed by atoms with E-state index in [9.17, 15) is 4.79 Å². The molecule has 1 unspecified atom stereocenters. The van der Waals surface area contributed by atoms with Crippen LogP contribution in [0.5, 0.6) is 0 Å². The Morgan fingerprint density at radius 3 is 3.20 bits per heavy atom. The second kappa shape index (κ2) is 5.76. The number of nitrogens with one attached hydrogen (secondary N) is 1. The number of H-pyrrole nitrogens is 1. The molecule has 6 heteroatoms. The fourth-order valence-corrected chi connectivity index (χ4v) is 3.26. The van der Waals surface area contributed by atoms with Crippen LogP contribution in [0.15, 0.2) is 24.4 Å². The standard InChI is InChI=1S/C14H17N3O2S/c1-10-8-17(6-7-19-9-10)14(18)13-3-2-12(20-13)11-4-5-15-16-11/h2-5,10H,6-9H2,1H3,(H,15,16). The highest BCUT2D eigenvalue weighted by atomic mass is 32.1. The largest absolute Gasteiger partial charge is 0.379 e. The summed E-state index contributed by atoms with van der Waals surface area (Å²) in [7, 11) is 0. The molecule has 1 aliphatic heterocycles. The molecule has 5 nitrogen and oxygen atoms in total. The van der Waals surface area contributed by atoms with E-state index in [0.717, 1.165) is 28.6 Å². The third-order valence-electron chi connectivity index (χ3n) is 3.31. The molecule has 0 bridgehead atoms. The van der Waals surface area contributed by atoms with Gasteiger partial charge < -0.3 is 9.64 Å². The van der Waals surface area contributed by atoms with Gasteiger partial charge in [0.15, 0.2) is 0 Å². The molecule has 2 aromatic rings. The molecular formula is C14H17N3O2S. The number of carbonyl (C=O) groups is 1. The van der Waals surface area contributed by atoms with Crippen LogP contribution in [-0.2, 0) is 4.74 Å². The van der Waals surface area contributed by atoms with Crippen molar-refractivity contribution in [3.63, 3.8) is 0 Å². The van der Waals surface area contributed by atoms with Crippen molar-refractivity contribution in [2.24, 2.45) is 5.92 Å². The predicted molar refractivity (Wildman–Crippen MR) is 77.8 cm³/mol. The Kier molecular flexibility index (Phi) is 3.84. The first kappa shape index (κ1) is 13.3. The normalized spacial score (nSPS) is 19.9. The molecule has 1 atom stereocenters. The summed E-state index contributed by atoms with van der Waals surface area (Å²) >= 11 is 1.50. The molecule has 1 fully saturated rings. The van der Waals surface area contributed by atoms with Crippen molar-refractivity contribution in [2.45, 2.75) is 6.92 Å². The van der Waals surface area contributed by atoms with Crippen LogP contribution in [0.25, 0.3) is 10.6 Å². The van der Waals surface area contributed by atoms with Crippen LogP contribution < -0.4 is 0 Å². The maximum absolute atomic E-state index is 12.5. The second-order valence-corrected chi connectivity index (χ2v) is 6.15. The summed E-state index contributed by atoms with van der Waals surface area (Å²) in [5.74, 6) is 0.478. The van der Waals surface area contributed by atoms with Crippen LogP contribution in [0.1, 0.15) is 16.6 Å². The van der Waals surface area contributed by atoms with E-state index in [0.29, 0.717) is 19.1 Å². The van der Waals surface area contributed by atoms with Crippen LogP contribution in [0, 0.1) is 5.92 Å². The highest BCUT2D eigenvalue weighted by Gasteiger charge is 2.22. The van der Waals surface area contributed by atoms with Crippen molar-refractivity contribution in [2.75, 3.05) is 26.3 Å². The molecule has 1 amide bonds. The summed E-state index contributed by atoms with van der Waals surface area (Å²) in [5, 5.41) is 6.85. The van der Waals surface area contributed by atoms with Gasteiger partial charge in [-0.25, -0.2) is 0 Å². The minimum atomic E-state index is 0.0955. The van der Waals surface area contributed by atoms with Crippen LogP contribution in [0.4, 0.5) is 0 Å². The molecule has 3 heterocycles. The number of rotatable bonds is 2. The first-order chi connectivity index (χ1) is 9.74. The van der Waals surface area contributed by atoms with E-state index >= 15 is 0 Å². The Morgan fingerprint density at radius 2 is 2.40 bits per heavy atom. The first-order valence-corrected chi connectivity index (χ1v) is 7.52. The number of nitrogens with zero attached hydrogens (tertiary/aromatic N) is 2. The van der Waals surface area contributed by atoms with Crippen molar-refractivity contribution < 1.29 is 9.53 Å². The van der Waals surface area contributed by atoms with Gasteiger partial charge >= 0.3 is 0 Å². The monoisotopic (exact) mass is 291 g/mol. The van der Waals surface area contributed by atoms with Gasteiger partial charge in [0.25, 0.3) is 5.91 Å². The fourth-order valence-electron chi connectivity index (χ4n) is 2.31. The zero-order valence-corrected chi connectivity index (χ0v) is 12.2. The molecule has 0 spiro atoms. The molecule has 106 valence electrons. The third kappa shape index (κ3) is 2.76. The number of carbonyl (C=O) groups excluding carboxylic acids is 1. The van der Waals surface area contributed by atoms with E-state index in [1.807, 2.05) is 23.1 Å². The van der Waals surface area contributed by atoms with Gasteiger partial charge in [0.2, 0.25) is 0 Å². The number of ether oxygens (including phenoxy) is 1. The number of thiophene rings is 1. The maximum atomic E-state index is 12.5. The van der Waals surface area contributed by atoms with E-state index in [1.165, 1.54) is 11.3 Å². The fraction of sp³-hybridized carbons (Fsp3) is 0.429. The molecule has 0 aliphatic carbocycles. The average Bonchev–Trinajstić information content (AvgIpc) is 3.07. The van der Waals surface area contributed by atoms with Crippen molar-refractivity contribution in [1.82, 2.24) is 15.1 Å². The van der Waals surface area contributed by atoms with E-state index in [-0.39, 0.29) is 5.91 Å². The summed E-state index contributed by atoms with van der Waals surface area (Å²) in [6.07, 6.45) is 1.71. The van der Waals surface area contributed by atoms with Crippen molar-refractivity contribution in [1.29, 1.82) is 0 Å². The van der Waals surface area contributed by atoms with Crippen LogP contribution in [-0.4, -0.2) is 47.3 Å². The van der Waals surface area contributed by atoms with Gasteiger partial charge in [-0.15, -0.1) is 11.3 Å². The van der Waals surface area contributed by atoms with E-state index in [4.69, 9.17) is 4.74 Å². The molecule has 0 saturated carbocycles. The number of hydrogen-bond donors (Lipinski definition) is 1. The molecular weight excluding hydrogens is 274 g/mol. The van der Waals surface area contributed by atoms with Crippen molar-refractivity contribution in [3.8, 4) is 10.6 Å². The molecule has 3 rings (SSSR count). The number of hydrogen-bond acceptors (Lipinski definition) is 4. The molecule has 20 heavy (non-hydrogen) atoms. The SMILES string of the molecule is CC1COCCN(C(=O)c2ccc(-c3ccn[nH]3)s2)C1. The van der Waals surface area contributed by atoms with E-state index < -0.39 is 0 Å². The van der Waals surface area contributed by atoms with Gasteiger partial charge in [-0.05, 0) is 24.1 Å². The minimum Gasteiger partial charge on any atom is -0.379 e. The van der Waals surface area contributed by atoms with Crippen molar-refractivity contribution >= 4 is 17.2 Å². The molecule has 1 N–H and O–H groups in total. The van der Waals surface area contributed by atoms with Crippen molar-refractivity contribution in [3.05, 3.63) is 29.3 Å². The zero-order chi connectivity index (χ0) is 13.9. The lowest BCUT2D eigenvalue weighted by molar-refractivity contribution is 0.0743. The predicted octanol–water partition coefficient (Wildman–Crippen LogP) is 2.25. The summed E-state index contributed by atoms with van der Waals surface area (Å²) in [6, 6.07) is 5.75. The summed E-state index contributed by atoms with van der Waals surface area (Å²) in [6.45, 7) is 4.88. The molecule has 2 aromatic heterocycles. The Balaban J connectivity index is 1.77. The Bertz CT molecular complexity index is 579. The van der Waals surface area contributed by atoms with Gasteiger partial charge in [0, 0.05) is 19.3 Å². The lowest BCUT2D eigenvalue weighted by atomic mass is 10.2. The zero-order valence-electron chi connectivity index (χ0n) is 11.3. The molecule has 1 saturated heterocycles. The first-order valence-electron chi connectivity index (χ1n) is 6.70. The van der Waals surface area contributed by atoms with Gasteiger partial charge in [-0.1, -0.05) is 6.92 Å². The van der Waals surface area contributed by atoms with Crippen LogP contribution >= 0.6 is 11.3 Å². The van der Waals surface area contributed by atoms with E-state index in [1.54, 1.807) is 6.20 Å². The molecule has 0 aromatic carbocycles. The number of aromatic nitrogens is 2. The quantitative estimate of drug-likeness (QED) is 0.923. The Labute approximate surface area is 121 Å². The summed E-state index contributed by atoms with van der Waals surface area (Å²) in [5.41, 5.74) is 0.946. The average molecular weight is 291 g/mol. The maximum Gasteiger partial charge on any atom is 0.264 e. The van der Waals surface area contributed by atoms with Gasteiger partial charge in [-0.2, -0.15) is 5.10 Å². The molecule has 1 aliphatic rings. The highest BCUT2D eigenvalue weighted by Crippen LogP contribution is 2.27. The Morgan fingerprint density at radius 1 is 1.50 bits per heavy atom. The topological polar surface area (TPSA) is 58.2 Å². The lowest BCUT2D eigenvalue weighted by Crippen LogP contribution is -2.34. The van der Waals surface area contributed by atoms with Gasteiger partial charge in [0.1, 0.15) is 0 Å². The highest BCUT2D eigenvalue weighted by molar-refractivity contribution is 7.17. The Hall–Kier alpha value is -1.66. The van der Waals surface area contributed by atoms with Gasteiger partial charge in [0.05, 0.1) is 28.7 Å². The summed E-state index contributed by atoms with van der Waals surface area (Å²) < 4.78 is 5.48. The minimum absolute atomic E-state index is 0.0955. The third-order valence-corrected chi connectivity index (χ3v) is 4.42. The van der Waals surface area contributed by atoms with Crippen LogP contribution in [0.2, 0.25) is 0 Å². The smallest absolute Gasteiger partial charge is 0.264 e. The van der Waals surface area contributed by atoms with E-state index in [2.05, 4.69) is 17.1 Å². The van der Waals surface area contributed by atoms with Gasteiger partial charge in [-0.3, -0.25) is 9.89 Å². The molecule has 0 radical (unpaired) electrons. The van der Waals surface area contributed by atoms with Crippen LogP contribution in [0.3, 0.4) is 0 Å². The summed E-state index contributed by atoms with van der Waals surface area (Å²) in [4.78, 5) is 16.2. The second-order valence-electron chi connectivity index (χ2n) is 5.07.